The van der Waals surface area contributed by atoms with Crippen molar-refractivity contribution >= 4 is 34.6 Å². The van der Waals surface area contributed by atoms with Crippen molar-refractivity contribution in [1.82, 2.24) is 20.9 Å². The smallest absolute Gasteiger partial charge is 0.268 e. The largest absolute Gasteiger partial charge is 0.379 e. The molecule has 2 heterocycles. The molecule has 0 radical (unpaired) electrons. The Kier molecular flexibility index (Phi) is 8.81. The van der Waals surface area contributed by atoms with Crippen LogP contribution in [0.15, 0.2) is 41.7 Å². The molecule has 1 saturated heterocycles. The van der Waals surface area contributed by atoms with Crippen LogP contribution in [0.5, 0.6) is 0 Å². The third-order valence-corrected chi connectivity index (χ3v) is 7.66. The molecular weight excluding hydrogens is 468 g/mol. The average Bonchev–Trinajstić information content (AvgIpc) is 3.55. The van der Waals surface area contributed by atoms with Gasteiger partial charge >= 0.3 is 0 Å². The fraction of sp³-hybridized carbons (Fsp3) is 0.483. The topological polar surface area (TPSA) is 120 Å². The van der Waals surface area contributed by atoms with E-state index >= 15 is 0 Å². The zero-order valence-corrected chi connectivity index (χ0v) is 21.2. The van der Waals surface area contributed by atoms with Crippen LogP contribution in [0.3, 0.4) is 0 Å². The summed E-state index contributed by atoms with van der Waals surface area (Å²) in [7, 11) is 0. The van der Waals surface area contributed by atoms with Gasteiger partial charge in [0.15, 0.2) is 0 Å². The van der Waals surface area contributed by atoms with Crippen LogP contribution in [0.1, 0.15) is 67.4 Å². The number of amides is 1. The Balaban J connectivity index is 1.55. The summed E-state index contributed by atoms with van der Waals surface area (Å²) in [4.78, 5) is 51.3. The number of allylic oxidation sites excluding steroid dienone is 1. The van der Waals surface area contributed by atoms with Gasteiger partial charge in [0.05, 0.1) is 17.8 Å². The normalized spacial score (nSPS) is 19.2. The number of benzene rings is 1. The van der Waals surface area contributed by atoms with Crippen LogP contribution in [-0.4, -0.2) is 47.3 Å². The number of nitrogens with one attached hydrogen (secondary N) is 4. The highest BCUT2D eigenvalue weighted by Gasteiger charge is 2.29. The van der Waals surface area contributed by atoms with Crippen LogP contribution in [0.4, 0.5) is 0 Å². The number of H-pyrrole nitrogens is 1. The lowest BCUT2D eigenvalue weighted by Crippen LogP contribution is -2.44. The van der Waals surface area contributed by atoms with Crippen molar-refractivity contribution in [3.05, 3.63) is 53.0 Å². The summed E-state index contributed by atoms with van der Waals surface area (Å²) in [5, 5.41) is 10.2. The lowest BCUT2D eigenvalue weighted by atomic mass is 9.84. The summed E-state index contributed by atoms with van der Waals surface area (Å²) in [6, 6.07) is 6.55. The fourth-order valence-electron chi connectivity index (χ4n) is 5.65. The first-order chi connectivity index (χ1) is 18.0. The predicted octanol–water partition coefficient (Wildman–Crippen LogP) is 3.32. The molecule has 2 aromatic rings. The molecule has 1 aromatic carbocycles. The minimum Gasteiger partial charge on any atom is -0.379 e. The zero-order valence-electron chi connectivity index (χ0n) is 21.2. The molecule has 4 N–H and O–H groups in total. The molecule has 2 aliphatic rings. The van der Waals surface area contributed by atoms with Crippen molar-refractivity contribution < 1.29 is 19.2 Å². The van der Waals surface area contributed by atoms with E-state index in [1.54, 1.807) is 0 Å². The molecule has 8 heteroatoms. The summed E-state index contributed by atoms with van der Waals surface area (Å²) < 4.78 is 0. The van der Waals surface area contributed by atoms with E-state index in [0.29, 0.717) is 36.7 Å². The van der Waals surface area contributed by atoms with Gasteiger partial charge in [0.25, 0.3) is 5.91 Å². The van der Waals surface area contributed by atoms with E-state index in [4.69, 9.17) is 0 Å². The van der Waals surface area contributed by atoms with Gasteiger partial charge in [0.1, 0.15) is 29.2 Å². The van der Waals surface area contributed by atoms with Gasteiger partial charge in [-0.15, -0.1) is 0 Å². The Morgan fingerprint density at radius 1 is 1.11 bits per heavy atom. The molecule has 4 rings (SSSR count). The quantitative estimate of drug-likeness (QED) is 0.370. The predicted molar refractivity (Wildman–Crippen MR) is 142 cm³/mol. The summed E-state index contributed by atoms with van der Waals surface area (Å²) in [6.07, 6.45) is 8.62. The van der Waals surface area contributed by atoms with Crippen molar-refractivity contribution in [3.8, 4) is 0 Å². The second-order valence-corrected chi connectivity index (χ2v) is 10.2. The van der Waals surface area contributed by atoms with Gasteiger partial charge in [-0.2, -0.15) is 0 Å². The Morgan fingerprint density at radius 2 is 1.92 bits per heavy atom. The average molecular weight is 503 g/mol. The molecule has 1 aliphatic carbocycles. The van der Waals surface area contributed by atoms with Crippen molar-refractivity contribution in [2.45, 2.75) is 70.4 Å². The van der Waals surface area contributed by atoms with E-state index in [2.05, 4.69) is 20.9 Å². The molecule has 1 aromatic heterocycles. The van der Waals surface area contributed by atoms with E-state index < -0.39 is 12.1 Å². The summed E-state index contributed by atoms with van der Waals surface area (Å²) in [5.41, 5.74) is 3.04. The molecule has 0 spiro atoms. The Morgan fingerprint density at radius 3 is 2.62 bits per heavy atom. The van der Waals surface area contributed by atoms with E-state index in [9.17, 15) is 19.2 Å². The number of hydrogen-bond acceptors (Lipinski definition) is 6. The number of carbonyl (C=O) groups is 1. The second kappa shape index (κ2) is 12.4. The molecular formula is C29H34N4O4. The molecule has 2 fully saturated rings. The third kappa shape index (κ3) is 6.49. The Hall–Kier alpha value is -3.82. The highest BCUT2D eigenvalue weighted by molar-refractivity contribution is 5.99. The van der Waals surface area contributed by atoms with Crippen LogP contribution in [0, 0.1) is 18.8 Å². The third-order valence-electron chi connectivity index (χ3n) is 7.66. The molecule has 1 aliphatic heterocycles. The monoisotopic (exact) mass is 502 g/mol. The SMILES string of the molecule is Cc1cccc2[nH]c(C(=O)NC(CC3CCCCC3)C(=C=O)NC(C=C=O)C[C@@H]3CCNC3=C=O)cc12. The van der Waals surface area contributed by atoms with Gasteiger partial charge in [0, 0.05) is 29.4 Å². The molecule has 0 bridgehead atoms. The molecule has 1 amide bonds. The number of hydrogen-bond donors (Lipinski definition) is 4. The van der Waals surface area contributed by atoms with Crippen LogP contribution < -0.4 is 16.0 Å². The maximum absolute atomic E-state index is 13.3. The first-order valence-electron chi connectivity index (χ1n) is 13.1. The lowest BCUT2D eigenvalue weighted by molar-refractivity contribution is 0.0930. The van der Waals surface area contributed by atoms with Gasteiger partial charge in [0.2, 0.25) is 0 Å². The molecule has 194 valence electrons. The van der Waals surface area contributed by atoms with Crippen molar-refractivity contribution in [2.75, 3.05) is 6.54 Å². The molecule has 1 saturated carbocycles. The first kappa shape index (κ1) is 26.2. The van der Waals surface area contributed by atoms with Gasteiger partial charge < -0.3 is 20.9 Å². The first-order valence-corrected chi connectivity index (χ1v) is 13.1. The van der Waals surface area contributed by atoms with Crippen LogP contribution >= 0.6 is 0 Å². The minimum atomic E-state index is -0.592. The van der Waals surface area contributed by atoms with Crippen molar-refractivity contribution in [3.63, 3.8) is 0 Å². The second-order valence-electron chi connectivity index (χ2n) is 10.2. The van der Waals surface area contributed by atoms with E-state index in [1.165, 1.54) is 12.5 Å². The van der Waals surface area contributed by atoms with Gasteiger partial charge in [-0.05, 0) is 49.8 Å². The lowest BCUT2D eigenvalue weighted by Gasteiger charge is -2.29. The van der Waals surface area contributed by atoms with E-state index in [1.807, 2.05) is 49.0 Å². The van der Waals surface area contributed by atoms with E-state index in [-0.39, 0.29) is 17.5 Å². The van der Waals surface area contributed by atoms with Gasteiger partial charge in [-0.3, -0.25) is 4.79 Å². The number of aromatic amines is 1. The number of fused-ring (bicyclic) bond motifs is 1. The van der Waals surface area contributed by atoms with Gasteiger partial charge in [-0.1, -0.05) is 44.2 Å². The summed E-state index contributed by atoms with van der Waals surface area (Å²) >= 11 is 0. The molecule has 8 nitrogen and oxygen atoms in total. The molecule has 37 heavy (non-hydrogen) atoms. The van der Waals surface area contributed by atoms with Crippen LogP contribution in [0.2, 0.25) is 0 Å². The van der Waals surface area contributed by atoms with E-state index in [0.717, 1.165) is 48.6 Å². The maximum atomic E-state index is 13.3. The van der Waals surface area contributed by atoms with Crippen molar-refractivity contribution in [1.29, 1.82) is 0 Å². The highest BCUT2D eigenvalue weighted by Crippen LogP contribution is 2.29. The maximum Gasteiger partial charge on any atom is 0.268 e. The standard InChI is InChI=1S/C29H34N4O4/c1-19-6-5-9-24-23(19)16-26(32-24)29(37)33-25(14-20-7-3-2-4-8-20)28(18-36)31-22(11-13-34)15-21-10-12-30-27(21)17-35/h5-6,9,11,16,20-22,25,30-32H,2-4,7-8,10,12,14-15H2,1H3,(H,33,37)/t21-,22?,25?/m0/s1. The summed E-state index contributed by atoms with van der Waals surface area (Å²) in [5.74, 6) is 5.71. The zero-order chi connectivity index (χ0) is 26.2. The summed E-state index contributed by atoms with van der Waals surface area (Å²) in [6.45, 7) is 2.65. The van der Waals surface area contributed by atoms with Gasteiger partial charge in [-0.25, -0.2) is 14.4 Å². The molecule has 2 unspecified atom stereocenters. The fourth-order valence-corrected chi connectivity index (χ4v) is 5.65. The van der Waals surface area contributed by atoms with Crippen molar-refractivity contribution in [2.24, 2.45) is 11.8 Å². The highest BCUT2D eigenvalue weighted by atomic mass is 16.2. The Bertz CT molecular complexity index is 1270. The number of rotatable bonds is 10. The molecule has 3 atom stereocenters. The number of carbonyl (C=O) groups excluding carboxylic acids is 4. The number of aromatic nitrogens is 1. The van der Waals surface area contributed by atoms with Crippen LogP contribution in [0.25, 0.3) is 10.9 Å². The Labute approximate surface area is 216 Å². The minimum absolute atomic E-state index is 0.103. The number of aryl methyl sites for hydroxylation is 1. The van der Waals surface area contributed by atoms with Crippen LogP contribution in [-0.2, 0) is 14.4 Å².